The van der Waals surface area contributed by atoms with E-state index in [0.717, 1.165) is 11.1 Å². The standard InChI is InChI=1S/C24H24N2O.ClH/c1-25-17-23(27)24(20-10-6-3-7-11-20)26-15-14-19-12-13-21(16-22(19)26)18-8-4-2-5-9-18;/h2-16,23-25,27H,17H2,1H3;1H/t23-,24+;/m1./s1. The highest BCUT2D eigenvalue weighted by atomic mass is 35.5. The number of aliphatic hydroxyl groups excluding tert-OH is 1. The summed E-state index contributed by atoms with van der Waals surface area (Å²) >= 11 is 0. The quantitative estimate of drug-likeness (QED) is 0.489. The van der Waals surface area contributed by atoms with Crippen molar-refractivity contribution in [3.8, 4) is 11.1 Å². The average Bonchev–Trinajstić information content (AvgIpc) is 3.13. The first kappa shape index (κ1) is 20.2. The minimum atomic E-state index is -0.534. The summed E-state index contributed by atoms with van der Waals surface area (Å²) in [5.41, 5.74) is 4.60. The van der Waals surface area contributed by atoms with Crippen LogP contribution in [0.2, 0.25) is 0 Å². The Balaban J connectivity index is 0.00000225. The van der Waals surface area contributed by atoms with Crippen LogP contribution in [0, 0.1) is 0 Å². The molecule has 4 heteroatoms. The van der Waals surface area contributed by atoms with E-state index in [1.54, 1.807) is 0 Å². The Labute approximate surface area is 172 Å². The first-order chi connectivity index (χ1) is 13.3. The van der Waals surface area contributed by atoms with Gasteiger partial charge in [-0.1, -0.05) is 72.8 Å². The topological polar surface area (TPSA) is 37.2 Å². The van der Waals surface area contributed by atoms with Crippen LogP contribution in [0.1, 0.15) is 11.6 Å². The van der Waals surface area contributed by atoms with Crippen LogP contribution in [0.4, 0.5) is 0 Å². The van der Waals surface area contributed by atoms with Crippen LogP contribution in [0.3, 0.4) is 0 Å². The number of benzene rings is 3. The number of nitrogens with zero attached hydrogens (tertiary/aromatic N) is 1. The fraction of sp³-hybridized carbons (Fsp3) is 0.167. The summed E-state index contributed by atoms with van der Waals surface area (Å²) in [5, 5.41) is 15.2. The van der Waals surface area contributed by atoms with E-state index in [9.17, 15) is 5.11 Å². The molecular weight excluding hydrogens is 368 g/mol. The SMILES string of the molecule is CNC[C@@H](O)[C@H](c1ccccc1)n1ccc2ccc(-c3ccccc3)cc21.Cl. The van der Waals surface area contributed by atoms with E-state index in [1.807, 2.05) is 31.3 Å². The molecule has 3 aromatic carbocycles. The van der Waals surface area contributed by atoms with Crippen LogP contribution in [0.25, 0.3) is 22.0 Å². The third-order valence-corrected chi connectivity index (χ3v) is 5.05. The normalized spacial score (nSPS) is 13.1. The molecule has 2 atom stereocenters. The van der Waals surface area contributed by atoms with Gasteiger partial charge in [-0.05, 0) is 41.3 Å². The van der Waals surface area contributed by atoms with Gasteiger partial charge in [-0.15, -0.1) is 12.4 Å². The fourth-order valence-corrected chi connectivity index (χ4v) is 3.74. The zero-order chi connectivity index (χ0) is 18.6. The first-order valence-corrected chi connectivity index (χ1v) is 9.31. The van der Waals surface area contributed by atoms with Crippen molar-refractivity contribution in [1.82, 2.24) is 9.88 Å². The Hall–Kier alpha value is -2.59. The number of aromatic nitrogens is 1. The van der Waals surface area contributed by atoms with Crippen molar-refractivity contribution >= 4 is 23.3 Å². The molecule has 28 heavy (non-hydrogen) atoms. The van der Waals surface area contributed by atoms with Gasteiger partial charge in [0.2, 0.25) is 0 Å². The van der Waals surface area contributed by atoms with Crippen molar-refractivity contribution in [2.75, 3.05) is 13.6 Å². The molecule has 0 radical (unpaired) electrons. The number of halogens is 1. The van der Waals surface area contributed by atoms with Crippen LogP contribution in [0.15, 0.2) is 91.1 Å². The zero-order valence-electron chi connectivity index (χ0n) is 15.8. The minimum Gasteiger partial charge on any atom is -0.389 e. The van der Waals surface area contributed by atoms with Gasteiger partial charge in [-0.2, -0.15) is 0 Å². The Bertz CT molecular complexity index is 1010. The van der Waals surface area contributed by atoms with Crippen molar-refractivity contribution < 1.29 is 5.11 Å². The summed E-state index contributed by atoms with van der Waals surface area (Å²) in [6.07, 6.45) is 1.55. The second-order valence-corrected chi connectivity index (χ2v) is 6.84. The maximum absolute atomic E-state index is 10.9. The van der Waals surface area contributed by atoms with E-state index in [-0.39, 0.29) is 18.4 Å². The van der Waals surface area contributed by atoms with Crippen LogP contribution >= 0.6 is 12.4 Å². The lowest BCUT2D eigenvalue weighted by atomic mass is 10.00. The molecular formula is C24H25ClN2O. The van der Waals surface area contributed by atoms with Gasteiger partial charge in [0, 0.05) is 18.3 Å². The van der Waals surface area contributed by atoms with Crippen LogP contribution in [-0.2, 0) is 0 Å². The first-order valence-electron chi connectivity index (χ1n) is 9.31. The molecule has 2 N–H and O–H groups in total. The van der Waals surface area contributed by atoms with Gasteiger partial charge in [0.15, 0.2) is 0 Å². The monoisotopic (exact) mass is 392 g/mol. The molecule has 0 bridgehead atoms. The highest BCUT2D eigenvalue weighted by molar-refractivity contribution is 5.86. The number of nitrogens with one attached hydrogen (secondary N) is 1. The van der Waals surface area contributed by atoms with E-state index in [4.69, 9.17) is 0 Å². The molecule has 1 heterocycles. The molecule has 1 aromatic heterocycles. The summed E-state index contributed by atoms with van der Waals surface area (Å²) in [6, 6.07) is 29.1. The van der Waals surface area contributed by atoms with Crippen molar-refractivity contribution in [2.24, 2.45) is 0 Å². The molecule has 0 saturated heterocycles. The number of aliphatic hydroxyl groups is 1. The van der Waals surface area contributed by atoms with E-state index >= 15 is 0 Å². The van der Waals surface area contributed by atoms with Crippen molar-refractivity contribution in [3.05, 3.63) is 96.7 Å². The summed E-state index contributed by atoms with van der Waals surface area (Å²) in [5.74, 6) is 0. The van der Waals surface area contributed by atoms with Gasteiger partial charge in [0.1, 0.15) is 0 Å². The van der Waals surface area contributed by atoms with Gasteiger partial charge in [-0.3, -0.25) is 0 Å². The summed E-state index contributed by atoms with van der Waals surface area (Å²) in [7, 11) is 1.87. The summed E-state index contributed by atoms with van der Waals surface area (Å²) < 4.78 is 2.19. The zero-order valence-corrected chi connectivity index (χ0v) is 16.6. The Morgan fingerprint density at radius 1 is 0.857 bits per heavy atom. The highest BCUT2D eigenvalue weighted by Crippen LogP contribution is 2.31. The predicted molar refractivity (Wildman–Crippen MR) is 119 cm³/mol. The predicted octanol–water partition coefficient (Wildman–Crippen LogP) is 4.90. The van der Waals surface area contributed by atoms with E-state index in [0.29, 0.717) is 6.54 Å². The average molecular weight is 393 g/mol. The Morgan fingerprint density at radius 3 is 2.21 bits per heavy atom. The van der Waals surface area contributed by atoms with Crippen LogP contribution in [-0.4, -0.2) is 29.4 Å². The van der Waals surface area contributed by atoms with Gasteiger partial charge < -0.3 is 15.0 Å². The van der Waals surface area contributed by atoms with Crippen LogP contribution in [0.5, 0.6) is 0 Å². The lowest BCUT2D eigenvalue weighted by Gasteiger charge is -2.26. The van der Waals surface area contributed by atoms with E-state index < -0.39 is 6.10 Å². The highest BCUT2D eigenvalue weighted by Gasteiger charge is 2.23. The van der Waals surface area contributed by atoms with E-state index in [2.05, 4.69) is 76.7 Å². The van der Waals surface area contributed by atoms with Gasteiger partial charge in [0.25, 0.3) is 0 Å². The van der Waals surface area contributed by atoms with Crippen molar-refractivity contribution in [3.63, 3.8) is 0 Å². The van der Waals surface area contributed by atoms with Crippen LogP contribution < -0.4 is 5.32 Å². The maximum Gasteiger partial charge on any atom is 0.0912 e. The lowest BCUT2D eigenvalue weighted by Crippen LogP contribution is -2.33. The molecule has 4 rings (SSSR count). The Morgan fingerprint density at radius 2 is 1.54 bits per heavy atom. The second-order valence-electron chi connectivity index (χ2n) is 6.84. The third-order valence-electron chi connectivity index (χ3n) is 5.05. The van der Waals surface area contributed by atoms with Gasteiger partial charge >= 0.3 is 0 Å². The van der Waals surface area contributed by atoms with E-state index in [1.165, 1.54) is 16.5 Å². The summed E-state index contributed by atoms with van der Waals surface area (Å²) in [6.45, 7) is 0.525. The number of likely N-dealkylation sites (N-methyl/N-ethyl adjacent to an activating group) is 1. The molecule has 0 fully saturated rings. The number of rotatable bonds is 6. The third kappa shape index (κ3) is 3.97. The molecule has 0 aliphatic heterocycles. The molecule has 0 amide bonds. The molecule has 0 aliphatic rings. The molecule has 3 nitrogen and oxygen atoms in total. The second kappa shape index (κ2) is 9.07. The molecule has 0 unspecified atom stereocenters. The molecule has 144 valence electrons. The summed E-state index contributed by atoms with van der Waals surface area (Å²) in [4.78, 5) is 0. The van der Waals surface area contributed by atoms with Gasteiger partial charge in [0.05, 0.1) is 12.1 Å². The number of hydrogen-bond donors (Lipinski definition) is 2. The number of hydrogen-bond acceptors (Lipinski definition) is 2. The molecule has 0 aliphatic carbocycles. The smallest absolute Gasteiger partial charge is 0.0912 e. The molecule has 4 aromatic rings. The molecule has 0 saturated carbocycles. The Kier molecular flexibility index (Phi) is 6.53. The maximum atomic E-state index is 10.9. The van der Waals surface area contributed by atoms with Gasteiger partial charge in [-0.25, -0.2) is 0 Å². The van der Waals surface area contributed by atoms with Crippen molar-refractivity contribution in [2.45, 2.75) is 12.1 Å². The minimum absolute atomic E-state index is 0. The number of fused-ring (bicyclic) bond motifs is 1. The largest absolute Gasteiger partial charge is 0.389 e. The fourth-order valence-electron chi connectivity index (χ4n) is 3.74. The molecule has 0 spiro atoms. The lowest BCUT2D eigenvalue weighted by molar-refractivity contribution is 0.132. The van der Waals surface area contributed by atoms with Crippen molar-refractivity contribution in [1.29, 1.82) is 0 Å².